The average molecular weight is 261 g/mol. The number of anilines is 1. The van der Waals surface area contributed by atoms with Crippen LogP contribution in [0.5, 0.6) is 0 Å². The highest BCUT2D eigenvalue weighted by Gasteiger charge is 2.05. The fourth-order valence-corrected chi connectivity index (χ4v) is 2.95. The Labute approximate surface area is 111 Å². The molecule has 0 spiro atoms. The summed E-state index contributed by atoms with van der Waals surface area (Å²) in [5, 5.41) is 0. The van der Waals surface area contributed by atoms with Crippen LogP contribution in [0.2, 0.25) is 0 Å². The quantitative estimate of drug-likeness (QED) is 0.658. The normalized spacial score (nSPS) is 10.6. The second-order valence-corrected chi connectivity index (χ2v) is 5.39. The lowest BCUT2D eigenvalue weighted by Crippen LogP contribution is -1.92. The second kappa shape index (κ2) is 5.44. The van der Waals surface area contributed by atoms with E-state index in [-0.39, 0.29) is 11.5 Å². The van der Waals surface area contributed by atoms with Gasteiger partial charge < -0.3 is 5.73 Å². The highest BCUT2D eigenvalue weighted by Crippen LogP contribution is 2.27. The maximum atomic E-state index is 13.3. The molecule has 0 aliphatic heterocycles. The number of nitrogens with two attached hydrogens (primary N) is 1. The summed E-state index contributed by atoms with van der Waals surface area (Å²) in [7, 11) is 0. The first-order valence-electron chi connectivity index (χ1n) is 5.81. The molecule has 1 nitrogen and oxygen atoms in total. The summed E-state index contributed by atoms with van der Waals surface area (Å²) in [5.41, 5.74) is 9.53. The molecule has 0 aliphatic carbocycles. The van der Waals surface area contributed by atoms with Gasteiger partial charge in [0.1, 0.15) is 5.82 Å². The molecule has 2 N–H and O–H groups in total. The molecule has 0 atom stereocenters. The second-order valence-electron chi connectivity index (χ2n) is 4.34. The number of halogens is 1. The summed E-state index contributed by atoms with van der Waals surface area (Å²) < 4.78 is 13.3. The first kappa shape index (κ1) is 13.0. The van der Waals surface area contributed by atoms with Crippen molar-refractivity contribution in [3.8, 4) is 0 Å². The third-order valence-electron chi connectivity index (χ3n) is 3.00. The molecule has 0 aromatic heterocycles. The number of aryl methyl sites for hydroxylation is 2. The lowest BCUT2D eigenvalue weighted by Gasteiger charge is -2.09. The van der Waals surface area contributed by atoms with Crippen molar-refractivity contribution in [2.45, 2.75) is 24.5 Å². The minimum Gasteiger partial charge on any atom is -0.396 e. The lowest BCUT2D eigenvalue weighted by molar-refractivity contribution is 0.629. The van der Waals surface area contributed by atoms with Crippen molar-refractivity contribution < 1.29 is 4.39 Å². The van der Waals surface area contributed by atoms with Crippen LogP contribution >= 0.6 is 11.8 Å². The Morgan fingerprint density at radius 1 is 1.11 bits per heavy atom. The van der Waals surface area contributed by atoms with Gasteiger partial charge in [-0.15, -0.1) is 11.8 Å². The van der Waals surface area contributed by atoms with Gasteiger partial charge in [0.05, 0.1) is 5.69 Å². The van der Waals surface area contributed by atoms with Gasteiger partial charge in [-0.1, -0.05) is 18.2 Å². The Kier molecular flexibility index (Phi) is 3.92. The maximum absolute atomic E-state index is 13.3. The van der Waals surface area contributed by atoms with Crippen LogP contribution in [0.3, 0.4) is 0 Å². The molecule has 18 heavy (non-hydrogen) atoms. The number of hydrogen-bond acceptors (Lipinski definition) is 2. The first-order chi connectivity index (χ1) is 8.58. The molecule has 0 heterocycles. The fourth-order valence-electron chi connectivity index (χ4n) is 1.83. The molecule has 0 saturated carbocycles. The van der Waals surface area contributed by atoms with Crippen LogP contribution in [0.1, 0.15) is 16.7 Å². The zero-order valence-electron chi connectivity index (χ0n) is 10.5. The molecule has 0 aliphatic rings. The molecule has 0 saturated heterocycles. The number of rotatable bonds is 3. The summed E-state index contributed by atoms with van der Waals surface area (Å²) >= 11 is 1.63. The Morgan fingerprint density at radius 3 is 2.39 bits per heavy atom. The Balaban J connectivity index is 2.14. The molecule has 2 rings (SSSR count). The molecule has 0 amide bonds. The van der Waals surface area contributed by atoms with Crippen LogP contribution in [0.4, 0.5) is 10.1 Å². The summed E-state index contributed by atoms with van der Waals surface area (Å²) in [5.74, 6) is 0.503. The smallest absolute Gasteiger partial charge is 0.147 e. The third kappa shape index (κ3) is 2.85. The molecular formula is C15H16FNS. The van der Waals surface area contributed by atoms with E-state index in [4.69, 9.17) is 5.73 Å². The minimum absolute atomic E-state index is 0.200. The average Bonchev–Trinajstić information content (AvgIpc) is 2.33. The van der Waals surface area contributed by atoms with E-state index in [1.54, 1.807) is 17.8 Å². The van der Waals surface area contributed by atoms with E-state index < -0.39 is 0 Å². The van der Waals surface area contributed by atoms with Crippen LogP contribution in [-0.2, 0) is 5.75 Å². The zero-order chi connectivity index (χ0) is 13.1. The van der Waals surface area contributed by atoms with Gasteiger partial charge in [-0.3, -0.25) is 0 Å². The van der Waals surface area contributed by atoms with Crippen LogP contribution in [0.15, 0.2) is 41.3 Å². The van der Waals surface area contributed by atoms with E-state index in [0.717, 1.165) is 10.6 Å². The monoisotopic (exact) mass is 261 g/mol. The molecule has 2 aromatic carbocycles. The Hall–Kier alpha value is -1.48. The van der Waals surface area contributed by atoms with Gasteiger partial charge in [0.2, 0.25) is 0 Å². The van der Waals surface area contributed by atoms with Crippen molar-refractivity contribution in [1.29, 1.82) is 0 Å². The van der Waals surface area contributed by atoms with Gasteiger partial charge in [-0.05, 0) is 48.7 Å². The van der Waals surface area contributed by atoms with E-state index in [2.05, 4.69) is 32.0 Å². The van der Waals surface area contributed by atoms with E-state index >= 15 is 0 Å². The maximum Gasteiger partial charge on any atom is 0.147 e. The first-order valence-corrected chi connectivity index (χ1v) is 6.79. The molecule has 0 fully saturated rings. The predicted octanol–water partition coefficient (Wildman–Crippen LogP) is 4.32. The van der Waals surface area contributed by atoms with Crippen LogP contribution in [0, 0.1) is 19.7 Å². The summed E-state index contributed by atoms with van der Waals surface area (Å²) in [6, 6.07) is 11.2. The third-order valence-corrected chi connectivity index (χ3v) is 4.02. The van der Waals surface area contributed by atoms with E-state index in [1.165, 1.54) is 22.8 Å². The number of thioether (sulfide) groups is 1. The van der Waals surface area contributed by atoms with E-state index in [0.29, 0.717) is 0 Å². The lowest BCUT2D eigenvalue weighted by atomic mass is 10.1. The zero-order valence-corrected chi connectivity index (χ0v) is 11.4. The SMILES string of the molecule is Cc1cccc(C)c1CSc1ccc(N)c(F)c1. The van der Waals surface area contributed by atoms with Gasteiger partial charge in [0.15, 0.2) is 0 Å². The molecule has 2 aromatic rings. The predicted molar refractivity (Wildman–Crippen MR) is 76.3 cm³/mol. The van der Waals surface area contributed by atoms with Gasteiger partial charge in [-0.2, -0.15) is 0 Å². The minimum atomic E-state index is -0.346. The van der Waals surface area contributed by atoms with Gasteiger partial charge in [0.25, 0.3) is 0 Å². The molecule has 94 valence electrons. The van der Waals surface area contributed by atoms with Crippen LogP contribution in [-0.4, -0.2) is 0 Å². The summed E-state index contributed by atoms with van der Waals surface area (Å²) in [4.78, 5) is 0.907. The van der Waals surface area contributed by atoms with Gasteiger partial charge in [-0.25, -0.2) is 4.39 Å². The summed E-state index contributed by atoms with van der Waals surface area (Å²) in [6.07, 6.45) is 0. The van der Waals surface area contributed by atoms with Gasteiger partial charge >= 0.3 is 0 Å². The number of benzene rings is 2. The van der Waals surface area contributed by atoms with E-state index in [9.17, 15) is 4.39 Å². The molecule has 0 radical (unpaired) electrons. The summed E-state index contributed by atoms with van der Waals surface area (Å²) in [6.45, 7) is 4.21. The van der Waals surface area contributed by atoms with Crippen molar-refractivity contribution in [2.75, 3.05) is 5.73 Å². The molecule has 0 bridgehead atoms. The number of nitrogen functional groups attached to an aromatic ring is 1. The highest BCUT2D eigenvalue weighted by atomic mass is 32.2. The molecule has 0 unspecified atom stereocenters. The molecule has 3 heteroatoms. The number of hydrogen-bond donors (Lipinski definition) is 1. The van der Waals surface area contributed by atoms with Crippen molar-refractivity contribution in [2.24, 2.45) is 0 Å². The fraction of sp³-hybridized carbons (Fsp3) is 0.200. The topological polar surface area (TPSA) is 26.0 Å². The Bertz CT molecular complexity index is 546. The van der Waals surface area contributed by atoms with Crippen molar-refractivity contribution in [3.63, 3.8) is 0 Å². The van der Waals surface area contributed by atoms with Crippen molar-refractivity contribution in [1.82, 2.24) is 0 Å². The van der Waals surface area contributed by atoms with E-state index in [1.807, 2.05) is 6.07 Å². The molecular weight excluding hydrogens is 245 g/mol. The largest absolute Gasteiger partial charge is 0.396 e. The Morgan fingerprint density at radius 2 is 1.78 bits per heavy atom. The van der Waals surface area contributed by atoms with Gasteiger partial charge in [0, 0.05) is 10.6 Å². The van der Waals surface area contributed by atoms with Crippen molar-refractivity contribution >= 4 is 17.4 Å². The van der Waals surface area contributed by atoms with Crippen LogP contribution in [0.25, 0.3) is 0 Å². The van der Waals surface area contributed by atoms with Crippen molar-refractivity contribution in [3.05, 3.63) is 58.9 Å². The standard InChI is InChI=1S/C15H16FNS/c1-10-4-3-5-11(2)13(10)9-18-12-6-7-15(17)14(16)8-12/h3-8H,9,17H2,1-2H3. The van der Waals surface area contributed by atoms with Crippen LogP contribution < -0.4 is 5.73 Å². The highest BCUT2D eigenvalue weighted by molar-refractivity contribution is 7.98.